The number of amides is 1. The van der Waals surface area contributed by atoms with Crippen LogP contribution in [0.5, 0.6) is 17.2 Å². The van der Waals surface area contributed by atoms with E-state index in [-0.39, 0.29) is 35.4 Å². The first-order valence-corrected chi connectivity index (χ1v) is 10.9. The van der Waals surface area contributed by atoms with Gasteiger partial charge in [-0.05, 0) is 19.1 Å². The molecule has 11 nitrogen and oxygen atoms in total. The van der Waals surface area contributed by atoms with Gasteiger partial charge in [0.25, 0.3) is 0 Å². The highest BCUT2D eigenvalue weighted by Crippen LogP contribution is 2.31. The van der Waals surface area contributed by atoms with Crippen LogP contribution in [0.4, 0.5) is 24.8 Å². The molecule has 0 radical (unpaired) electrons. The summed E-state index contributed by atoms with van der Waals surface area (Å²) >= 11 is 0. The van der Waals surface area contributed by atoms with Gasteiger partial charge in [0.05, 0.1) is 31.5 Å². The highest BCUT2D eigenvalue weighted by atomic mass is 19.4. The van der Waals surface area contributed by atoms with Gasteiger partial charge in [-0.3, -0.25) is 9.78 Å². The molecule has 3 aromatic heterocycles. The van der Waals surface area contributed by atoms with Gasteiger partial charge in [-0.25, -0.2) is 9.67 Å². The average molecular weight is 529 g/mol. The molecule has 4 aromatic rings. The van der Waals surface area contributed by atoms with Crippen molar-refractivity contribution in [1.29, 1.82) is 0 Å². The van der Waals surface area contributed by atoms with Crippen LogP contribution >= 0.6 is 0 Å². The van der Waals surface area contributed by atoms with Crippen LogP contribution in [-0.4, -0.2) is 44.9 Å². The molecule has 0 unspecified atom stereocenters. The van der Waals surface area contributed by atoms with E-state index in [4.69, 9.17) is 19.9 Å². The van der Waals surface area contributed by atoms with Crippen molar-refractivity contribution < 1.29 is 32.2 Å². The maximum absolute atomic E-state index is 13.4. The quantitative estimate of drug-likeness (QED) is 0.331. The van der Waals surface area contributed by atoms with E-state index in [0.29, 0.717) is 22.7 Å². The molecule has 14 heteroatoms. The molecule has 3 heterocycles. The standard InChI is InChI=1S/C24H22F3N7O4/c1-13-4-20(24(25,26)27)33-34(13)22-15(12-38-19-5-14(21(28)35)9-29-11-19)10-30-23(32-22)31-16-6-17(36-2)8-18(7-16)37-3/h4-11H,12H2,1-3H3,(H2,28,35)(H,30,31,32). The fourth-order valence-corrected chi connectivity index (χ4v) is 3.37. The molecule has 0 aliphatic rings. The Kier molecular flexibility index (Phi) is 7.32. The summed E-state index contributed by atoms with van der Waals surface area (Å²) in [5.41, 5.74) is 5.34. The number of nitrogens with two attached hydrogens (primary N) is 1. The predicted octanol–water partition coefficient (Wildman–Crippen LogP) is 3.82. The summed E-state index contributed by atoms with van der Waals surface area (Å²) in [5.74, 6) is 0.641. The van der Waals surface area contributed by atoms with Gasteiger partial charge >= 0.3 is 6.18 Å². The zero-order valence-electron chi connectivity index (χ0n) is 20.4. The first-order valence-electron chi connectivity index (χ1n) is 10.9. The predicted molar refractivity (Wildman–Crippen MR) is 129 cm³/mol. The first-order chi connectivity index (χ1) is 18.1. The molecule has 0 aliphatic heterocycles. The summed E-state index contributed by atoms with van der Waals surface area (Å²) in [6, 6.07) is 7.31. The normalized spacial score (nSPS) is 11.2. The van der Waals surface area contributed by atoms with Gasteiger partial charge in [-0.15, -0.1) is 0 Å². The maximum atomic E-state index is 13.4. The zero-order valence-corrected chi connectivity index (χ0v) is 20.4. The lowest BCUT2D eigenvalue weighted by atomic mass is 10.2. The molecular weight excluding hydrogens is 507 g/mol. The number of alkyl halides is 3. The summed E-state index contributed by atoms with van der Waals surface area (Å²) in [7, 11) is 2.99. The number of hydrogen-bond acceptors (Lipinski definition) is 9. The summed E-state index contributed by atoms with van der Waals surface area (Å²) in [5, 5.41) is 6.70. The fraction of sp³-hybridized carbons (Fsp3) is 0.208. The van der Waals surface area contributed by atoms with Crippen molar-refractivity contribution in [2.75, 3.05) is 19.5 Å². The Labute approximate surface area is 214 Å². The number of carbonyl (C=O) groups is 1. The summed E-state index contributed by atoms with van der Waals surface area (Å²) < 4.78 is 57.4. The lowest BCUT2D eigenvalue weighted by molar-refractivity contribution is -0.141. The van der Waals surface area contributed by atoms with Gasteiger partial charge in [-0.2, -0.15) is 23.3 Å². The molecular formula is C24H22F3N7O4. The number of aryl methyl sites for hydroxylation is 1. The third kappa shape index (κ3) is 5.91. The molecule has 1 amide bonds. The number of primary amides is 1. The Morgan fingerprint density at radius 3 is 2.34 bits per heavy atom. The van der Waals surface area contributed by atoms with E-state index >= 15 is 0 Å². The second kappa shape index (κ2) is 10.6. The van der Waals surface area contributed by atoms with E-state index in [1.807, 2.05) is 0 Å². The topological polar surface area (TPSA) is 139 Å². The molecule has 3 N–H and O–H groups in total. The van der Waals surface area contributed by atoms with Gasteiger partial charge in [0.15, 0.2) is 11.5 Å². The highest BCUT2D eigenvalue weighted by Gasteiger charge is 2.35. The van der Waals surface area contributed by atoms with Crippen LogP contribution in [0.2, 0.25) is 0 Å². The van der Waals surface area contributed by atoms with Gasteiger partial charge in [-0.1, -0.05) is 0 Å². The number of rotatable bonds is 9. The van der Waals surface area contributed by atoms with E-state index in [0.717, 1.165) is 10.7 Å². The van der Waals surface area contributed by atoms with Crippen molar-refractivity contribution >= 4 is 17.5 Å². The lowest BCUT2D eigenvalue weighted by Crippen LogP contribution is -2.13. The number of nitrogens with one attached hydrogen (secondary N) is 1. The van der Waals surface area contributed by atoms with Crippen LogP contribution in [0, 0.1) is 6.92 Å². The van der Waals surface area contributed by atoms with Gasteiger partial charge in [0, 0.05) is 42.0 Å². The molecule has 0 bridgehead atoms. The van der Waals surface area contributed by atoms with Gasteiger partial charge < -0.3 is 25.3 Å². The zero-order chi connectivity index (χ0) is 27.4. The second-order valence-corrected chi connectivity index (χ2v) is 7.91. The van der Waals surface area contributed by atoms with Crippen LogP contribution in [0.25, 0.3) is 5.82 Å². The number of hydrogen-bond donors (Lipinski definition) is 2. The van der Waals surface area contributed by atoms with Gasteiger partial charge in [0.2, 0.25) is 11.9 Å². The molecule has 0 saturated carbocycles. The van der Waals surface area contributed by atoms with E-state index in [1.165, 1.54) is 45.8 Å². The molecule has 198 valence electrons. The van der Waals surface area contributed by atoms with Crippen molar-refractivity contribution in [3.05, 3.63) is 71.4 Å². The van der Waals surface area contributed by atoms with Crippen molar-refractivity contribution in [3.8, 4) is 23.1 Å². The van der Waals surface area contributed by atoms with Crippen LogP contribution in [0.1, 0.15) is 27.3 Å². The van der Waals surface area contributed by atoms with E-state index < -0.39 is 17.8 Å². The molecule has 38 heavy (non-hydrogen) atoms. The van der Waals surface area contributed by atoms with Crippen LogP contribution < -0.4 is 25.3 Å². The number of methoxy groups -OCH3 is 2. The number of aromatic nitrogens is 5. The van der Waals surface area contributed by atoms with Crippen LogP contribution in [0.3, 0.4) is 0 Å². The van der Waals surface area contributed by atoms with E-state index in [1.54, 1.807) is 18.2 Å². The van der Waals surface area contributed by atoms with Crippen LogP contribution in [-0.2, 0) is 12.8 Å². The Morgan fingerprint density at radius 2 is 1.74 bits per heavy atom. The Morgan fingerprint density at radius 1 is 1.03 bits per heavy atom. The highest BCUT2D eigenvalue weighted by molar-refractivity contribution is 5.92. The smallest absolute Gasteiger partial charge is 0.435 e. The van der Waals surface area contributed by atoms with Gasteiger partial charge in [0.1, 0.15) is 23.9 Å². The number of pyridine rings is 1. The third-order valence-corrected chi connectivity index (χ3v) is 5.22. The minimum absolute atomic E-state index is 0.0457. The molecule has 0 atom stereocenters. The largest absolute Gasteiger partial charge is 0.497 e. The Balaban J connectivity index is 1.72. The SMILES string of the molecule is COc1cc(Nc2ncc(COc3cncc(C(N)=O)c3)c(-n3nc(C(F)(F)F)cc3C)n2)cc(OC)c1. The van der Waals surface area contributed by atoms with Crippen molar-refractivity contribution in [1.82, 2.24) is 24.7 Å². The van der Waals surface area contributed by atoms with E-state index in [2.05, 4.69) is 25.4 Å². The van der Waals surface area contributed by atoms with Crippen LogP contribution in [0.15, 0.2) is 48.9 Å². The second-order valence-electron chi connectivity index (χ2n) is 7.91. The molecule has 0 saturated heterocycles. The number of nitrogens with zero attached hydrogens (tertiary/aromatic N) is 5. The third-order valence-electron chi connectivity index (χ3n) is 5.22. The average Bonchev–Trinajstić information content (AvgIpc) is 3.29. The fourth-order valence-electron chi connectivity index (χ4n) is 3.37. The minimum atomic E-state index is -4.65. The summed E-state index contributed by atoms with van der Waals surface area (Å²) in [6.07, 6.45) is -0.621. The van der Waals surface area contributed by atoms with E-state index in [9.17, 15) is 18.0 Å². The monoisotopic (exact) mass is 529 g/mol. The Bertz CT molecular complexity index is 1450. The lowest BCUT2D eigenvalue weighted by Gasteiger charge is -2.14. The maximum Gasteiger partial charge on any atom is 0.435 e. The van der Waals surface area contributed by atoms with Crippen molar-refractivity contribution in [2.45, 2.75) is 19.7 Å². The first kappa shape index (κ1) is 26.2. The number of benzene rings is 1. The number of anilines is 2. The number of ether oxygens (including phenoxy) is 3. The summed E-state index contributed by atoms with van der Waals surface area (Å²) in [6.45, 7) is 1.29. The summed E-state index contributed by atoms with van der Waals surface area (Å²) in [4.78, 5) is 24.0. The molecule has 0 fully saturated rings. The molecule has 0 spiro atoms. The van der Waals surface area contributed by atoms with Crippen molar-refractivity contribution in [3.63, 3.8) is 0 Å². The molecule has 1 aromatic carbocycles. The molecule has 0 aliphatic carbocycles. The minimum Gasteiger partial charge on any atom is -0.497 e. The Hall–Kier alpha value is -4.88. The molecule has 4 rings (SSSR count). The number of carbonyl (C=O) groups excluding carboxylic acids is 1. The van der Waals surface area contributed by atoms with Crippen molar-refractivity contribution in [2.24, 2.45) is 5.73 Å². The number of halogens is 3.